The Hall–Kier alpha value is -1.09. The summed E-state index contributed by atoms with van der Waals surface area (Å²) in [4.78, 5) is 4.70. The van der Waals surface area contributed by atoms with Crippen LogP contribution in [0.25, 0.3) is 0 Å². The molecule has 88 valence electrons. The third-order valence-electron chi connectivity index (χ3n) is 3.25. The molecule has 1 aliphatic carbocycles. The van der Waals surface area contributed by atoms with Crippen molar-refractivity contribution in [1.29, 1.82) is 0 Å². The van der Waals surface area contributed by atoms with Crippen LogP contribution in [0.2, 0.25) is 0 Å². The fraction of sp³-hybridized carbons (Fsp3) is 0.615. The maximum atomic E-state index is 5.39. The second-order valence-corrected chi connectivity index (χ2v) is 4.27. The van der Waals surface area contributed by atoms with Gasteiger partial charge in [-0.15, -0.1) is 0 Å². The molecule has 0 aromatic carbocycles. The van der Waals surface area contributed by atoms with Crippen molar-refractivity contribution in [3.05, 3.63) is 23.0 Å². The van der Waals surface area contributed by atoms with E-state index in [1.165, 1.54) is 24.1 Å². The van der Waals surface area contributed by atoms with Crippen molar-refractivity contribution in [2.24, 2.45) is 0 Å². The zero-order valence-electron chi connectivity index (χ0n) is 10.2. The molecular formula is C13H19NO2. The summed E-state index contributed by atoms with van der Waals surface area (Å²) in [5.41, 5.74) is 3.49. The lowest BCUT2D eigenvalue weighted by molar-refractivity contribution is 0.113. The Labute approximate surface area is 96.8 Å². The lowest BCUT2D eigenvalue weighted by Crippen LogP contribution is -2.11. The standard InChI is InChI=1S/C13H19NO2/c1-9(15-2)13-12(16-3)8-10-6-4-5-7-11(10)14-13/h8-9H,4-7H2,1-3H3. The van der Waals surface area contributed by atoms with Crippen LogP contribution in [0.4, 0.5) is 0 Å². The quantitative estimate of drug-likeness (QED) is 0.786. The van der Waals surface area contributed by atoms with E-state index in [1.807, 2.05) is 6.92 Å². The van der Waals surface area contributed by atoms with E-state index in [4.69, 9.17) is 14.5 Å². The SMILES string of the molecule is COc1cc2c(nc1C(C)OC)CCCC2. The van der Waals surface area contributed by atoms with Gasteiger partial charge in [-0.3, -0.25) is 4.98 Å². The molecule has 1 aromatic heterocycles. The largest absolute Gasteiger partial charge is 0.495 e. The van der Waals surface area contributed by atoms with Gasteiger partial charge in [0.1, 0.15) is 11.4 Å². The van der Waals surface area contributed by atoms with Crippen LogP contribution in [0.15, 0.2) is 6.07 Å². The van der Waals surface area contributed by atoms with Crippen LogP contribution in [0.3, 0.4) is 0 Å². The predicted molar refractivity (Wildman–Crippen MR) is 62.9 cm³/mol. The van der Waals surface area contributed by atoms with E-state index in [-0.39, 0.29) is 6.10 Å². The van der Waals surface area contributed by atoms with E-state index < -0.39 is 0 Å². The molecule has 0 spiro atoms. The number of nitrogens with zero attached hydrogens (tertiary/aromatic N) is 1. The summed E-state index contributed by atoms with van der Waals surface area (Å²) in [5, 5.41) is 0. The van der Waals surface area contributed by atoms with Crippen molar-refractivity contribution in [2.45, 2.75) is 38.7 Å². The first-order valence-corrected chi connectivity index (χ1v) is 5.85. The van der Waals surface area contributed by atoms with Gasteiger partial charge in [0.2, 0.25) is 0 Å². The summed E-state index contributed by atoms with van der Waals surface area (Å²) >= 11 is 0. The maximum Gasteiger partial charge on any atom is 0.143 e. The Balaban J connectivity index is 2.43. The molecule has 1 atom stereocenters. The molecule has 0 radical (unpaired) electrons. The number of rotatable bonds is 3. The molecule has 0 saturated heterocycles. The number of methoxy groups -OCH3 is 2. The van der Waals surface area contributed by atoms with Crippen molar-refractivity contribution in [3.8, 4) is 5.75 Å². The van der Waals surface area contributed by atoms with E-state index in [0.29, 0.717) is 0 Å². The zero-order chi connectivity index (χ0) is 11.5. The second kappa shape index (κ2) is 4.83. The van der Waals surface area contributed by atoms with Crippen LogP contribution in [0.1, 0.15) is 42.8 Å². The molecule has 1 aliphatic rings. The van der Waals surface area contributed by atoms with E-state index >= 15 is 0 Å². The minimum atomic E-state index is -0.0119. The molecule has 1 aromatic rings. The van der Waals surface area contributed by atoms with Crippen LogP contribution < -0.4 is 4.74 Å². The van der Waals surface area contributed by atoms with Crippen LogP contribution in [-0.2, 0) is 17.6 Å². The molecule has 0 amide bonds. The molecule has 0 bridgehead atoms. The van der Waals surface area contributed by atoms with Crippen LogP contribution in [0.5, 0.6) is 5.75 Å². The number of aryl methyl sites for hydroxylation is 2. The minimum absolute atomic E-state index is 0.0119. The number of pyridine rings is 1. The molecule has 0 fully saturated rings. The van der Waals surface area contributed by atoms with E-state index in [9.17, 15) is 0 Å². The zero-order valence-corrected chi connectivity index (χ0v) is 10.2. The lowest BCUT2D eigenvalue weighted by atomic mass is 9.95. The third kappa shape index (κ3) is 2.05. The van der Waals surface area contributed by atoms with Gasteiger partial charge >= 0.3 is 0 Å². The Bertz CT molecular complexity index is 376. The number of ether oxygens (including phenoxy) is 2. The molecule has 1 unspecified atom stereocenters. The number of hydrogen-bond donors (Lipinski definition) is 0. The van der Waals surface area contributed by atoms with Crippen molar-refractivity contribution in [3.63, 3.8) is 0 Å². The van der Waals surface area contributed by atoms with Crippen LogP contribution >= 0.6 is 0 Å². The molecule has 2 rings (SSSR count). The smallest absolute Gasteiger partial charge is 0.143 e. The normalized spacial score (nSPS) is 16.7. The fourth-order valence-corrected chi connectivity index (χ4v) is 2.19. The van der Waals surface area contributed by atoms with E-state index in [1.54, 1.807) is 14.2 Å². The predicted octanol–water partition coefficient (Wildman–Crippen LogP) is 2.68. The summed E-state index contributed by atoms with van der Waals surface area (Å²) in [5.74, 6) is 0.856. The Morgan fingerprint density at radius 3 is 2.69 bits per heavy atom. The van der Waals surface area contributed by atoms with Crippen molar-refractivity contribution in [2.75, 3.05) is 14.2 Å². The molecular weight excluding hydrogens is 202 g/mol. The van der Waals surface area contributed by atoms with Crippen molar-refractivity contribution in [1.82, 2.24) is 4.98 Å². The maximum absolute atomic E-state index is 5.39. The summed E-state index contributed by atoms with van der Waals surface area (Å²) in [7, 11) is 3.39. The first-order chi connectivity index (χ1) is 7.76. The highest BCUT2D eigenvalue weighted by Crippen LogP contribution is 2.30. The number of fused-ring (bicyclic) bond motifs is 1. The van der Waals surface area contributed by atoms with Gasteiger partial charge in [0, 0.05) is 12.8 Å². The first-order valence-electron chi connectivity index (χ1n) is 5.85. The first kappa shape index (κ1) is 11.4. The highest BCUT2D eigenvalue weighted by molar-refractivity contribution is 5.37. The number of hydrogen-bond acceptors (Lipinski definition) is 3. The molecule has 1 heterocycles. The second-order valence-electron chi connectivity index (χ2n) is 4.27. The molecule has 3 nitrogen and oxygen atoms in total. The Morgan fingerprint density at radius 2 is 2.00 bits per heavy atom. The molecule has 0 saturated carbocycles. The van der Waals surface area contributed by atoms with Crippen LogP contribution in [0, 0.1) is 0 Å². The fourth-order valence-electron chi connectivity index (χ4n) is 2.19. The van der Waals surface area contributed by atoms with Gasteiger partial charge in [0.05, 0.1) is 13.2 Å². The molecule has 3 heteroatoms. The minimum Gasteiger partial charge on any atom is -0.495 e. The highest BCUT2D eigenvalue weighted by Gasteiger charge is 2.18. The summed E-state index contributed by atoms with van der Waals surface area (Å²) < 4.78 is 10.7. The van der Waals surface area contributed by atoms with Crippen molar-refractivity contribution < 1.29 is 9.47 Å². The Morgan fingerprint density at radius 1 is 1.25 bits per heavy atom. The molecule has 16 heavy (non-hydrogen) atoms. The number of aromatic nitrogens is 1. The topological polar surface area (TPSA) is 31.4 Å². The monoisotopic (exact) mass is 221 g/mol. The van der Waals surface area contributed by atoms with E-state index in [0.717, 1.165) is 24.3 Å². The van der Waals surface area contributed by atoms with Gasteiger partial charge in [-0.25, -0.2) is 0 Å². The van der Waals surface area contributed by atoms with Gasteiger partial charge in [0.25, 0.3) is 0 Å². The van der Waals surface area contributed by atoms with Crippen LogP contribution in [-0.4, -0.2) is 19.2 Å². The van der Waals surface area contributed by atoms with E-state index in [2.05, 4.69) is 6.07 Å². The lowest BCUT2D eigenvalue weighted by Gasteiger charge is -2.20. The third-order valence-corrected chi connectivity index (χ3v) is 3.25. The average Bonchev–Trinajstić information content (AvgIpc) is 2.36. The van der Waals surface area contributed by atoms with Gasteiger partial charge < -0.3 is 9.47 Å². The van der Waals surface area contributed by atoms with Crippen molar-refractivity contribution >= 4 is 0 Å². The molecule has 0 N–H and O–H groups in total. The van der Waals surface area contributed by atoms with Gasteiger partial charge in [-0.2, -0.15) is 0 Å². The van der Waals surface area contributed by atoms with Gasteiger partial charge in [-0.05, 0) is 44.2 Å². The van der Waals surface area contributed by atoms with Gasteiger partial charge in [0.15, 0.2) is 0 Å². The molecule has 0 aliphatic heterocycles. The highest BCUT2D eigenvalue weighted by atomic mass is 16.5. The average molecular weight is 221 g/mol. The Kier molecular flexibility index (Phi) is 3.44. The summed E-state index contributed by atoms with van der Waals surface area (Å²) in [6, 6.07) is 2.13. The van der Waals surface area contributed by atoms with Gasteiger partial charge in [-0.1, -0.05) is 0 Å². The summed E-state index contributed by atoms with van der Waals surface area (Å²) in [6.07, 6.45) is 4.70. The summed E-state index contributed by atoms with van der Waals surface area (Å²) in [6.45, 7) is 2.00.